The van der Waals surface area contributed by atoms with Gasteiger partial charge in [-0.05, 0) is 17.7 Å². The lowest BCUT2D eigenvalue weighted by molar-refractivity contribution is -0.0477. The van der Waals surface area contributed by atoms with Crippen LogP contribution in [0.15, 0.2) is 28.7 Å². The third-order valence-electron chi connectivity index (χ3n) is 1.86. The molecule has 0 radical (unpaired) electrons. The van der Waals surface area contributed by atoms with E-state index in [0.29, 0.717) is 6.54 Å². The van der Waals surface area contributed by atoms with E-state index in [2.05, 4.69) is 21.2 Å². The number of aliphatic hydroxyl groups is 1. The molecule has 0 atom stereocenters. The van der Waals surface area contributed by atoms with Gasteiger partial charge in [-0.25, -0.2) is 8.78 Å². The number of nitrogens with one attached hydrogen (secondary N) is 1. The summed E-state index contributed by atoms with van der Waals surface area (Å²) in [6, 6.07) is 7.38. The van der Waals surface area contributed by atoms with E-state index in [-0.39, 0.29) is 0 Å². The van der Waals surface area contributed by atoms with Crippen molar-refractivity contribution in [1.82, 2.24) is 5.32 Å². The Balaban J connectivity index is 2.35. The van der Waals surface area contributed by atoms with Crippen LogP contribution in [0.1, 0.15) is 5.56 Å². The Morgan fingerprint density at radius 1 is 1.27 bits per heavy atom. The molecular formula is C10H12BrF2NO. The SMILES string of the molecule is OCC(F)(F)CNCc1ccc(Br)cc1. The molecule has 0 unspecified atom stereocenters. The van der Waals surface area contributed by atoms with Gasteiger partial charge in [-0.15, -0.1) is 0 Å². The van der Waals surface area contributed by atoms with Gasteiger partial charge in [0, 0.05) is 11.0 Å². The molecule has 1 aromatic carbocycles. The predicted octanol–water partition coefficient (Wildman–Crippen LogP) is 2.17. The van der Waals surface area contributed by atoms with E-state index in [4.69, 9.17) is 5.11 Å². The first-order chi connectivity index (χ1) is 7.03. The minimum absolute atomic E-state index is 0.364. The number of rotatable bonds is 5. The van der Waals surface area contributed by atoms with Crippen LogP contribution in [0, 0.1) is 0 Å². The highest BCUT2D eigenvalue weighted by atomic mass is 79.9. The maximum absolute atomic E-state index is 12.6. The average Bonchev–Trinajstić information content (AvgIpc) is 2.21. The molecule has 1 aromatic rings. The van der Waals surface area contributed by atoms with Crippen molar-refractivity contribution in [2.75, 3.05) is 13.2 Å². The molecule has 0 heterocycles. The third kappa shape index (κ3) is 4.68. The maximum Gasteiger partial charge on any atom is 0.282 e. The van der Waals surface area contributed by atoms with Crippen LogP contribution in [-0.2, 0) is 6.54 Å². The normalized spacial score (nSPS) is 11.7. The molecule has 0 aliphatic carbocycles. The van der Waals surface area contributed by atoms with E-state index < -0.39 is 19.1 Å². The van der Waals surface area contributed by atoms with Gasteiger partial charge in [-0.1, -0.05) is 28.1 Å². The Kier molecular flexibility index (Phi) is 4.63. The van der Waals surface area contributed by atoms with Crippen molar-refractivity contribution < 1.29 is 13.9 Å². The summed E-state index contributed by atoms with van der Waals surface area (Å²) in [5.74, 6) is -3.05. The molecule has 0 fully saturated rings. The van der Waals surface area contributed by atoms with Crippen molar-refractivity contribution in [2.24, 2.45) is 0 Å². The second-order valence-corrected chi connectivity index (χ2v) is 4.16. The molecule has 0 spiro atoms. The summed E-state index contributed by atoms with van der Waals surface area (Å²) in [6.07, 6.45) is 0. The first-order valence-electron chi connectivity index (χ1n) is 4.47. The molecule has 0 saturated carbocycles. The van der Waals surface area contributed by atoms with Crippen LogP contribution in [0.4, 0.5) is 8.78 Å². The van der Waals surface area contributed by atoms with Gasteiger partial charge in [0.1, 0.15) is 6.61 Å². The number of benzene rings is 1. The second-order valence-electron chi connectivity index (χ2n) is 3.24. The number of aliphatic hydroxyl groups excluding tert-OH is 1. The lowest BCUT2D eigenvalue weighted by Gasteiger charge is -2.13. The summed E-state index contributed by atoms with van der Waals surface area (Å²) in [4.78, 5) is 0. The van der Waals surface area contributed by atoms with Gasteiger partial charge in [0.05, 0.1) is 6.54 Å². The molecule has 0 aromatic heterocycles. The Hall–Kier alpha value is -0.520. The van der Waals surface area contributed by atoms with Crippen molar-refractivity contribution in [3.05, 3.63) is 34.3 Å². The topological polar surface area (TPSA) is 32.3 Å². The van der Waals surface area contributed by atoms with Crippen molar-refractivity contribution in [3.8, 4) is 0 Å². The highest BCUT2D eigenvalue weighted by molar-refractivity contribution is 9.10. The molecule has 0 saturated heterocycles. The van der Waals surface area contributed by atoms with Crippen LogP contribution in [0.25, 0.3) is 0 Å². The highest BCUT2D eigenvalue weighted by Crippen LogP contribution is 2.12. The van der Waals surface area contributed by atoms with Gasteiger partial charge in [0.25, 0.3) is 5.92 Å². The summed E-state index contributed by atoms with van der Waals surface area (Å²) >= 11 is 3.28. The minimum Gasteiger partial charge on any atom is -0.390 e. The Morgan fingerprint density at radius 3 is 2.40 bits per heavy atom. The lowest BCUT2D eigenvalue weighted by atomic mass is 10.2. The summed E-state index contributed by atoms with van der Waals surface area (Å²) in [6.45, 7) is -1.28. The standard InChI is InChI=1S/C10H12BrF2NO/c11-9-3-1-8(2-4-9)5-14-6-10(12,13)7-15/h1-4,14-15H,5-7H2. The Labute approximate surface area is 95.4 Å². The van der Waals surface area contributed by atoms with E-state index in [1.165, 1.54) is 0 Å². The lowest BCUT2D eigenvalue weighted by Crippen LogP contribution is -2.35. The quantitative estimate of drug-likeness (QED) is 0.866. The van der Waals surface area contributed by atoms with E-state index in [1.807, 2.05) is 24.3 Å². The van der Waals surface area contributed by atoms with Crippen molar-refractivity contribution in [1.29, 1.82) is 0 Å². The second kappa shape index (κ2) is 5.53. The van der Waals surface area contributed by atoms with E-state index in [0.717, 1.165) is 10.0 Å². The third-order valence-corrected chi connectivity index (χ3v) is 2.39. The first kappa shape index (κ1) is 12.5. The molecule has 0 amide bonds. The summed E-state index contributed by atoms with van der Waals surface area (Å²) < 4.78 is 26.2. The number of halogens is 3. The van der Waals surface area contributed by atoms with Gasteiger partial charge in [0.2, 0.25) is 0 Å². The fraction of sp³-hybridized carbons (Fsp3) is 0.400. The Bertz CT molecular complexity index is 303. The zero-order valence-corrected chi connectivity index (χ0v) is 9.60. The minimum atomic E-state index is -3.05. The molecule has 1 rings (SSSR count). The summed E-state index contributed by atoms with van der Waals surface area (Å²) in [7, 11) is 0. The molecular weight excluding hydrogens is 268 g/mol. The first-order valence-corrected chi connectivity index (χ1v) is 5.27. The van der Waals surface area contributed by atoms with Crippen molar-refractivity contribution in [3.63, 3.8) is 0 Å². The fourth-order valence-electron chi connectivity index (χ4n) is 1.05. The Morgan fingerprint density at radius 2 is 1.87 bits per heavy atom. The molecule has 2 N–H and O–H groups in total. The van der Waals surface area contributed by atoms with Crippen molar-refractivity contribution in [2.45, 2.75) is 12.5 Å². The summed E-state index contributed by atoms with van der Waals surface area (Å²) in [5, 5.41) is 10.9. The van der Waals surface area contributed by atoms with Gasteiger partial charge in [0.15, 0.2) is 0 Å². The molecule has 5 heteroatoms. The van der Waals surface area contributed by atoms with Crippen LogP contribution >= 0.6 is 15.9 Å². The number of alkyl halides is 2. The largest absolute Gasteiger partial charge is 0.390 e. The zero-order valence-electron chi connectivity index (χ0n) is 8.01. The predicted molar refractivity (Wildman–Crippen MR) is 57.9 cm³/mol. The van der Waals surface area contributed by atoms with Crippen LogP contribution in [0.5, 0.6) is 0 Å². The van der Waals surface area contributed by atoms with Crippen LogP contribution in [0.2, 0.25) is 0 Å². The van der Waals surface area contributed by atoms with Crippen LogP contribution < -0.4 is 5.32 Å². The van der Waals surface area contributed by atoms with Crippen LogP contribution in [0.3, 0.4) is 0 Å². The van der Waals surface area contributed by atoms with E-state index in [9.17, 15) is 8.78 Å². The number of hydrogen-bond acceptors (Lipinski definition) is 2. The zero-order chi connectivity index (χ0) is 11.3. The fourth-order valence-corrected chi connectivity index (χ4v) is 1.31. The van der Waals surface area contributed by atoms with Crippen LogP contribution in [-0.4, -0.2) is 24.2 Å². The monoisotopic (exact) mass is 279 g/mol. The number of hydrogen-bond donors (Lipinski definition) is 2. The maximum atomic E-state index is 12.6. The molecule has 2 nitrogen and oxygen atoms in total. The van der Waals surface area contributed by atoms with E-state index in [1.54, 1.807) is 0 Å². The summed E-state index contributed by atoms with van der Waals surface area (Å²) in [5.41, 5.74) is 0.923. The highest BCUT2D eigenvalue weighted by Gasteiger charge is 2.26. The van der Waals surface area contributed by atoms with Gasteiger partial charge >= 0.3 is 0 Å². The molecule has 0 aliphatic rings. The smallest absolute Gasteiger partial charge is 0.282 e. The van der Waals surface area contributed by atoms with Gasteiger partial charge in [-0.2, -0.15) is 0 Å². The molecule has 84 valence electrons. The van der Waals surface area contributed by atoms with Crippen molar-refractivity contribution >= 4 is 15.9 Å². The molecule has 15 heavy (non-hydrogen) atoms. The van der Waals surface area contributed by atoms with Gasteiger partial charge < -0.3 is 10.4 Å². The van der Waals surface area contributed by atoms with Gasteiger partial charge in [-0.3, -0.25) is 0 Å². The molecule has 0 bridgehead atoms. The average molecular weight is 280 g/mol. The molecule has 0 aliphatic heterocycles. The van der Waals surface area contributed by atoms with E-state index >= 15 is 0 Å².